The van der Waals surface area contributed by atoms with Crippen LogP contribution in [-0.2, 0) is 16.4 Å². The molecule has 0 aliphatic heterocycles. The number of aryl methyl sites for hydroxylation is 1. The number of rotatable bonds is 11. The lowest BCUT2D eigenvalue weighted by molar-refractivity contribution is -0.153. The molecule has 0 saturated carbocycles. The highest BCUT2D eigenvalue weighted by Gasteiger charge is 2.41. The zero-order chi connectivity index (χ0) is 24.9. The second-order valence-corrected chi connectivity index (χ2v) is 8.63. The number of hydrogen-bond acceptors (Lipinski definition) is 4. The number of sulfonamides is 1. The Morgan fingerprint density at radius 2 is 1.45 bits per heavy atom. The third-order valence-corrected chi connectivity index (χ3v) is 5.45. The predicted molar refractivity (Wildman–Crippen MR) is 106 cm³/mol. The van der Waals surface area contributed by atoms with E-state index in [0.29, 0.717) is 0 Å². The van der Waals surface area contributed by atoms with Crippen LogP contribution in [-0.4, -0.2) is 40.2 Å². The van der Waals surface area contributed by atoms with Gasteiger partial charge >= 0.3 is 18.5 Å². The molecule has 0 aliphatic carbocycles. The molecule has 0 aromatic heterocycles. The number of halogens is 7. The van der Waals surface area contributed by atoms with E-state index in [-0.39, 0.29) is 10.6 Å². The van der Waals surface area contributed by atoms with E-state index >= 15 is 0 Å². The molecule has 13 heteroatoms. The van der Waals surface area contributed by atoms with Crippen molar-refractivity contribution in [3.05, 3.63) is 48.0 Å². The molecule has 2 aromatic rings. The van der Waals surface area contributed by atoms with E-state index in [4.69, 9.17) is 0 Å². The average Bonchev–Trinajstić information content (AvgIpc) is 2.70. The number of nitrogens with one attached hydrogen (secondary N) is 1. The fourth-order valence-electron chi connectivity index (χ4n) is 2.54. The van der Waals surface area contributed by atoms with Gasteiger partial charge in [-0.1, -0.05) is 25.5 Å². The van der Waals surface area contributed by atoms with Crippen LogP contribution in [0.3, 0.4) is 0 Å². The molecule has 2 rings (SSSR count). The van der Waals surface area contributed by atoms with Crippen molar-refractivity contribution in [3.63, 3.8) is 0 Å². The highest BCUT2D eigenvalue weighted by molar-refractivity contribution is 7.92. The molecule has 2 aromatic carbocycles. The fraction of sp³-hybridized carbons (Fsp3) is 0.400. The van der Waals surface area contributed by atoms with Crippen molar-refractivity contribution in [2.24, 2.45) is 0 Å². The molecule has 184 valence electrons. The molecule has 1 N–H and O–H groups in total. The van der Waals surface area contributed by atoms with Crippen LogP contribution in [0.2, 0.25) is 0 Å². The van der Waals surface area contributed by atoms with Crippen molar-refractivity contribution in [3.8, 4) is 11.5 Å². The molecule has 33 heavy (non-hydrogen) atoms. The first-order chi connectivity index (χ1) is 15.2. The first-order valence-electron chi connectivity index (χ1n) is 9.47. The quantitative estimate of drug-likeness (QED) is 0.402. The van der Waals surface area contributed by atoms with Crippen LogP contribution in [0.1, 0.15) is 18.9 Å². The van der Waals surface area contributed by atoms with Crippen molar-refractivity contribution in [2.45, 2.75) is 43.2 Å². The Balaban J connectivity index is 2.30. The Hall–Kier alpha value is -2.70. The topological polar surface area (TPSA) is 64.6 Å². The van der Waals surface area contributed by atoms with Crippen LogP contribution < -0.4 is 14.2 Å². The SMILES string of the molecule is CCCc1ccc(S(=O)(=O)Nc2cc(OCC(F)(F)F)cc(OCC(F)(F)C(F)F)c2)cc1. The molecule has 0 atom stereocenters. The number of hydrogen-bond donors (Lipinski definition) is 1. The van der Waals surface area contributed by atoms with Crippen LogP contribution in [0, 0.1) is 0 Å². The maximum absolute atomic E-state index is 13.2. The maximum atomic E-state index is 13.2. The van der Waals surface area contributed by atoms with Crippen LogP contribution >= 0.6 is 0 Å². The van der Waals surface area contributed by atoms with Gasteiger partial charge in [0.15, 0.2) is 13.2 Å². The van der Waals surface area contributed by atoms with Crippen molar-refractivity contribution >= 4 is 15.7 Å². The molecule has 0 bridgehead atoms. The number of anilines is 1. The second kappa shape index (κ2) is 10.5. The van der Waals surface area contributed by atoms with Crippen LogP contribution in [0.25, 0.3) is 0 Å². The van der Waals surface area contributed by atoms with Gasteiger partial charge in [-0.15, -0.1) is 0 Å². The van der Waals surface area contributed by atoms with Crippen molar-refractivity contribution in [1.82, 2.24) is 0 Å². The van der Waals surface area contributed by atoms with E-state index in [0.717, 1.165) is 36.6 Å². The Morgan fingerprint density at radius 1 is 0.909 bits per heavy atom. The number of ether oxygens (including phenoxy) is 2. The molecule has 0 spiro atoms. The van der Waals surface area contributed by atoms with E-state index in [1.165, 1.54) is 12.1 Å². The number of alkyl halides is 7. The second-order valence-electron chi connectivity index (χ2n) is 6.95. The third kappa shape index (κ3) is 8.30. The smallest absolute Gasteiger partial charge is 0.422 e. The normalized spacial score (nSPS) is 12.6. The average molecular weight is 503 g/mol. The summed E-state index contributed by atoms with van der Waals surface area (Å²) in [5, 5.41) is 0. The molecule has 0 radical (unpaired) electrons. The summed E-state index contributed by atoms with van der Waals surface area (Å²) in [4.78, 5) is -0.171. The van der Waals surface area contributed by atoms with E-state index in [2.05, 4.69) is 14.2 Å². The summed E-state index contributed by atoms with van der Waals surface area (Å²) >= 11 is 0. The van der Waals surface area contributed by atoms with Gasteiger partial charge in [0.1, 0.15) is 11.5 Å². The van der Waals surface area contributed by atoms with Crippen molar-refractivity contribution in [2.75, 3.05) is 17.9 Å². The monoisotopic (exact) mass is 503 g/mol. The van der Waals surface area contributed by atoms with E-state index in [1.54, 1.807) is 12.1 Å². The van der Waals surface area contributed by atoms with Gasteiger partial charge < -0.3 is 9.47 Å². The van der Waals surface area contributed by atoms with Gasteiger partial charge in [0.2, 0.25) is 0 Å². The molecule has 0 saturated heterocycles. The lowest BCUT2D eigenvalue weighted by Crippen LogP contribution is -2.33. The fourth-order valence-corrected chi connectivity index (χ4v) is 3.58. The summed E-state index contributed by atoms with van der Waals surface area (Å²) in [6.07, 6.45) is -7.24. The van der Waals surface area contributed by atoms with Gasteiger partial charge in [0.25, 0.3) is 10.0 Å². The van der Waals surface area contributed by atoms with Crippen molar-refractivity contribution in [1.29, 1.82) is 0 Å². The summed E-state index contributed by atoms with van der Waals surface area (Å²) < 4.78 is 125. The first-order valence-corrected chi connectivity index (χ1v) is 11.0. The maximum Gasteiger partial charge on any atom is 0.422 e. The summed E-state index contributed by atoms with van der Waals surface area (Å²) in [6.45, 7) is -1.62. The van der Waals surface area contributed by atoms with E-state index in [9.17, 15) is 39.2 Å². The minimum absolute atomic E-state index is 0.171. The Labute approximate surface area is 185 Å². The summed E-state index contributed by atoms with van der Waals surface area (Å²) in [5.41, 5.74) is 0.498. The van der Waals surface area contributed by atoms with Gasteiger partial charge in [0.05, 0.1) is 10.6 Å². The highest BCUT2D eigenvalue weighted by atomic mass is 32.2. The lowest BCUT2D eigenvalue weighted by atomic mass is 10.1. The van der Waals surface area contributed by atoms with Crippen LogP contribution in [0.15, 0.2) is 47.4 Å². The lowest BCUT2D eigenvalue weighted by Gasteiger charge is -2.18. The minimum atomic E-state index is -4.75. The van der Waals surface area contributed by atoms with Gasteiger partial charge in [0, 0.05) is 18.2 Å². The Kier molecular flexibility index (Phi) is 8.44. The van der Waals surface area contributed by atoms with Crippen LogP contribution in [0.5, 0.6) is 11.5 Å². The molecule has 0 aliphatic rings. The minimum Gasteiger partial charge on any atom is -0.487 e. The Bertz CT molecular complexity index is 1030. The largest absolute Gasteiger partial charge is 0.487 e. The van der Waals surface area contributed by atoms with E-state index in [1.807, 2.05) is 6.92 Å². The standard InChI is InChI=1S/C20H20F7NO4S/c1-2-3-13-4-6-17(7-5-13)33(29,30)28-14-8-15(31-11-19(23,24)18(21)22)10-16(9-14)32-12-20(25,26)27/h4-10,18,28H,2-3,11-12H2,1H3. The third-order valence-electron chi connectivity index (χ3n) is 4.06. The van der Waals surface area contributed by atoms with Gasteiger partial charge in [-0.05, 0) is 24.1 Å². The molecule has 0 fully saturated rings. The number of benzene rings is 2. The van der Waals surface area contributed by atoms with Crippen molar-refractivity contribution < 1.29 is 48.6 Å². The molecule has 5 nitrogen and oxygen atoms in total. The van der Waals surface area contributed by atoms with Gasteiger partial charge in [-0.25, -0.2) is 17.2 Å². The summed E-state index contributed by atoms with van der Waals surface area (Å²) in [6, 6.07) is 8.27. The zero-order valence-electron chi connectivity index (χ0n) is 17.1. The van der Waals surface area contributed by atoms with E-state index < -0.39 is 53.3 Å². The summed E-state index contributed by atoms with van der Waals surface area (Å²) in [7, 11) is -4.23. The molecular weight excluding hydrogens is 483 g/mol. The predicted octanol–water partition coefficient (Wildman–Crippen LogP) is 5.66. The van der Waals surface area contributed by atoms with Gasteiger partial charge in [-0.2, -0.15) is 22.0 Å². The Morgan fingerprint density at radius 3 is 1.94 bits per heavy atom. The van der Waals surface area contributed by atoms with Crippen LogP contribution in [0.4, 0.5) is 36.4 Å². The van der Waals surface area contributed by atoms with Gasteiger partial charge in [-0.3, -0.25) is 4.72 Å². The molecule has 0 amide bonds. The zero-order valence-corrected chi connectivity index (χ0v) is 18.0. The molecule has 0 heterocycles. The molecular formula is C20H20F7NO4S. The highest BCUT2D eigenvalue weighted by Crippen LogP contribution is 2.31. The first kappa shape index (κ1) is 26.6. The molecule has 0 unspecified atom stereocenters. The summed E-state index contributed by atoms with van der Waals surface area (Å²) in [5.74, 6) is -5.73.